The Kier molecular flexibility index (Phi) is 10.8. The minimum atomic E-state index is -1.56. The molecule has 1 rings (SSSR count). The van der Waals surface area contributed by atoms with E-state index in [0.717, 1.165) is 5.56 Å². The molecule has 4 N–H and O–H groups in total. The average molecular weight is 453 g/mol. The number of carboxylic acid groups (broad SMARTS) is 1. The topological polar surface area (TPSA) is 151 Å². The van der Waals surface area contributed by atoms with E-state index >= 15 is 0 Å². The van der Waals surface area contributed by atoms with Gasteiger partial charge < -0.3 is 25.8 Å². The summed E-state index contributed by atoms with van der Waals surface area (Å²) in [7, 11) is 0. The second-order valence-electron chi connectivity index (χ2n) is 7.42. The van der Waals surface area contributed by atoms with Crippen molar-refractivity contribution in [2.75, 3.05) is 6.67 Å². The highest BCUT2D eigenvalue weighted by Gasteiger charge is 2.30. The summed E-state index contributed by atoms with van der Waals surface area (Å²) in [6.45, 7) is 3.22. The number of halogens is 1. The van der Waals surface area contributed by atoms with Gasteiger partial charge in [0, 0.05) is 0 Å². The van der Waals surface area contributed by atoms with E-state index in [0.29, 0.717) is 0 Å². The first kappa shape index (κ1) is 26.5. The highest BCUT2D eigenvalue weighted by molar-refractivity contribution is 5.95. The van der Waals surface area contributed by atoms with Crippen molar-refractivity contribution < 1.29 is 38.2 Å². The van der Waals surface area contributed by atoms with Gasteiger partial charge in [-0.15, -0.1) is 0 Å². The molecule has 0 aliphatic heterocycles. The molecule has 1 aromatic carbocycles. The Balaban J connectivity index is 2.67. The number of Topliss-reactive ketones (excluding diaryl/α,β-unsaturated/α-hetero) is 1. The second kappa shape index (κ2) is 13.0. The summed E-state index contributed by atoms with van der Waals surface area (Å²) in [5.74, 6) is -4.41. The SMILES string of the molecule is CC(C)[C@H](NC(=O)OCc1ccccc1)C(=O)N[C@@H](C)C(=O)N[C@@H](CC(=O)O)C(=O)CF. The maximum absolute atomic E-state index is 12.6. The average Bonchev–Trinajstić information content (AvgIpc) is 2.74. The fraction of sp³-hybridized carbons (Fsp3) is 0.476. The summed E-state index contributed by atoms with van der Waals surface area (Å²) in [6.07, 6.45) is -1.62. The number of hydrogen-bond donors (Lipinski definition) is 4. The van der Waals surface area contributed by atoms with E-state index in [1.807, 2.05) is 6.07 Å². The van der Waals surface area contributed by atoms with Gasteiger partial charge in [0.2, 0.25) is 11.8 Å². The number of ketones is 1. The quantitative estimate of drug-likeness (QED) is 0.368. The minimum Gasteiger partial charge on any atom is -0.481 e. The predicted molar refractivity (Wildman–Crippen MR) is 111 cm³/mol. The van der Waals surface area contributed by atoms with Crippen LogP contribution in [0, 0.1) is 5.92 Å². The first-order valence-electron chi connectivity index (χ1n) is 9.93. The van der Waals surface area contributed by atoms with Crippen LogP contribution in [0.5, 0.6) is 0 Å². The summed E-state index contributed by atoms with van der Waals surface area (Å²) in [5, 5.41) is 15.7. The summed E-state index contributed by atoms with van der Waals surface area (Å²) in [6, 6.07) is 5.15. The van der Waals surface area contributed by atoms with Crippen LogP contribution in [0.25, 0.3) is 0 Å². The molecular formula is C21H28FN3O7. The van der Waals surface area contributed by atoms with Gasteiger partial charge in [0.25, 0.3) is 0 Å². The standard InChI is InChI=1S/C21H28FN3O7/c1-12(2)18(25-21(31)32-11-14-7-5-4-6-8-14)20(30)23-13(3)19(29)24-15(9-17(27)28)16(26)10-22/h4-8,12-13,15,18H,9-11H2,1-3H3,(H,23,30)(H,24,29)(H,25,31)(H,27,28)/t13-,15-,18-/m0/s1. The number of hydrogen-bond acceptors (Lipinski definition) is 6. The monoisotopic (exact) mass is 453 g/mol. The third-order valence-corrected chi connectivity index (χ3v) is 4.40. The predicted octanol–water partition coefficient (Wildman–Crippen LogP) is 0.940. The number of carbonyl (C=O) groups excluding carboxylic acids is 4. The Morgan fingerprint density at radius 3 is 2.12 bits per heavy atom. The fourth-order valence-electron chi connectivity index (χ4n) is 2.61. The lowest BCUT2D eigenvalue weighted by molar-refractivity contribution is -0.140. The Labute approximate surface area is 184 Å². The minimum absolute atomic E-state index is 0.00544. The Morgan fingerprint density at radius 2 is 1.59 bits per heavy atom. The van der Waals surface area contributed by atoms with Crippen molar-refractivity contribution in [2.45, 2.75) is 51.9 Å². The molecule has 176 valence electrons. The molecule has 32 heavy (non-hydrogen) atoms. The van der Waals surface area contributed by atoms with Crippen molar-refractivity contribution in [3.63, 3.8) is 0 Å². The van der Waals surface area contributed by atoms with E-state index in [2.05, 4.69) is 16.0 Å². The van der Waals surface area contributed by atoms with Crippen molar-refractivity contribution in [3.05, 3.63) is 35.9 Å². The van der Waals surface area contributed by atoms with E-state index in [9.17, 15) is 28.4 Å². The molecule has 0 bridgehead atoms. The number of ether oxygens (including phenoxy) is 1. The van der Waals surface area contributed by atoms with E-state index in [-0.39, 0.29) is 12.5 Å². The third-order valence-electron chi connectivity index (χ3n) is 4.40. The van der Waals surface area contributed by atoms with Gasteiger partial charge in [-0.3, -0.25) is 19.2 Å². The van der Waals surface area contributed by atoms with E-state index in [4.69, 9.17) is 9.84 Å². The molecule has 11 heteroatoms. The van der Waals surface area contributed by atoms with Crippen molar-refractivity contribution in [3.8, 4) is 0 Å². The summed E-state index contributed by atoms with van der Waals surface area (Å²) in [5.41, 5.74) is 0.761. The fourth-order valence-corrected chi connectivity index (χ4v) is 2.61. The normalized spacial score (nSPS) is 13.4. The number of benzene rings is 1. The zero-order valence-corrected chi connectivity index (χ0v) is 18.1. The molecule has 0 aliphatic carbocycles. The molecule has 3 atom stereocenters. The van der Waals surface area contributed by atoms with Crippen LogP contribution in [0.15, 0.2) is 30.3 Å². The first-order chi connectivity index (χ1) is 15.0. The van der Waals surface area contributed by atoms with E-state index in [1.54, 1.807) is 38.1 Å². The van der Waals surface area contributed by atoms with E-state index < -0.39 is 60.9 Å². The van der Waals surface area contributed by atoms with Crippen LogP contribution in [0.4, 0.5) is 9.18 Å². The lowest BCUT2D eigenvalue weighted by Crippen LogP contribution is -2.56. The highest BCUT2D eigenvalue weighted by Crippen LogP contribution is 2.06. The van der Waals surface area contributed by atoms with Gasteiger partial charge in [-0.25, -0.2) is 9.18 Å². The second-order valence-corrected chi connectivity index (χ2v) is 7.42. The number of alkyl halides is 1. The van der Waals surface area contributed by atoms with Gasteiger partial charge in [0.15, 0.2) is 5.78 Å². The zero-order chi connectivity index (χ0) is 24.3. The Bertz CT molecular complexity index is 817. The van der Waals surface area contributed by atoms with Crippen LogP contribution in [-0.2, 0) is 30.5 Å². The molecule has 0 unspecified atom stereocenters. The molecule has 0 radical (unpaired) electrons. The molecular weight excluding hydrogens is 425 g/mol. The van der Waals surface area contributed by atoms with Gasteiger partial charge in [0.05, 0.1) is 6.42 Å². The van der Waals surface area contributed by atoms with Crippen LogP contribution in [0.1, 0.15) is 32.8 Å². The van der Waals surface area contributed by atoms with Crippen molar-refractivity contribution in [2.24, 2.45) is 5.92 Å². The molecule has 0 saturated heterocycles. The van der Waals surface area contributed by atoms with Crippen molar-refractivity contribution in [1.82, 2.24) is 16.0 Å². The van der Waals surface area contributed by atoms with Crippen LogP contribution in [0.2, 0.25) is 0 Å². The largest absolute Gasteiger partial charge is 0.481 e. The Hall–Kier alpha value is -3.50. The van der Waals surface area contributed by atoms with Gasteiger partial charge >= 0.3 is 12.1 Å². The number of aliphatic carboxylic acids is 1. The summed E-state index contributed by atoms with van der Waals surface area (Å²) >= 11 is 0. The molecule has 0 spiro atoms. The smallest absolute Gasteiger partial charge is 0.408 e. The molecule has 0 aliphatic rings. The summed E-state index contributed by atoms with van der Waals surface area (Å²) in [4.78, 5) is 59.3. The number of nitrogens with one attached hydrogen (secondary N) is 3. The number of rotatable bonds is 12. The molecule has 0 aromatic heterocycles. The van der Waals surface area contributed by atoms with Crippen LogP contribution < -0.4 is 16.0 Å². The lowest BCUT2D eigenvalue weighted by Gasteiger charge is -2.24. The van der Waals surface area contributed by atoms with Crippen molar-refractivity contribution >= 4 is 29.7 Å². The number of alkyl carbamates (subject to hydrolysis) is 1. The number of carboxylic acids is 1. The van der Waals surface area contributed by atoms with Gasteiger partial charge in [0.1, 0.15) is 31.4 Å². The zero-order valence-electron chi connectivity index (χ0n) is 18.1. The molecule has 0 fully saturated rings. The van der Waals surface area contributed by atoms with Crippen LogP contribution in [-0.4, -0.2) is 59.6 Å². The molecule has 0 heterocycles. The molecule has 1 aromatic rings. The van der Waals surface area contributed by atoms with Gasteiger partial charge in [-0.05, 0) is 18.4 Å². The number of amides is 3. The maximum atomic E-state index is 12.6. The first-order valence-corrected chi connectivity index (χ1v) is 9.93. The molecule has 3 amide bonds. The maximum Gasteiger partial charge on any atom is 0.408 e. The van der Waals surface area contributed by atoms with Gasteiger partial charge in [-0.2, -0.15) is 0 Å². The van der Waals surface area contributed by atoms with Crippen LogP contribution in [0.3, 0.4) is 0 Å². The van der Waals surface area contributed by atoms with Crippen LogP contribution >= 0.6 is 0 Å². The number of carbonyl (C=O) groups is 5. The third kappa shape index (κ3) is 9.11. The van der Waals surface area contributed by atoms with E-state index in [1.165, 1.54) is 6.92 Å². The summed E-state index contributed by atoms with van der Waals surface area (Å²) < 4.78 is 17.7. The molecule has 0 saturated carbocycles. The van der Waals surface area contributed by atoms with Gasteiger partial charge in [-0.1, -0.05) is 44.2 Å². The molecule has 10 nitrogen and oxygen atoms in total. The van der Waals surface area contributed by atoms with Crippen molar-refractivity contribution in [1.29, 1.82) is 0 Å². The Morgan fingerprint density at radius 1 is 0.969 bits per heavy atom. The lowest BCUT2D eigenvalue weighted by atomic mass is 10.0. The highest BCUT2D eigenvalue weighted by atomic mass is 19.1.